The van der Waals surface area contributed by atoms with E-state index < -0.39 is 17.2 Å². The fraction of sp³-hybridized carbons (Fsp3) is 0.241. The van der Waals surface area contributed by atoms with Gasteiger partial charge in [-0.05, 0) is 67.6 Å². The lowest BCUT2D eigenvalue weighted by Crippen LogP contribution is -2.06. The zero-order valence-electron chi connectivity index (χ0n) is 19.6. The van der Waals surface area contributed by atoms with Crippen molar-refractivity contribution in [3.8, 4) is 17.2 Å². The topological polar surface area (TPSA) is 55.0 Å². The van der Waals surface area contributed by atoms with Crippen LogP contribution in [0.3, 0.4) is 0 Å². The van der Waals surface area contributed by atoms with Gasteiger partial charge in [0.15, 0.2) is 0 Å². The molecule has 0 saturated heterocycles. The van der Waals surface area contributed by atoms with Gasteiger partial charge in [-0.1, -0.05) is 37.3 Å². The number of aryl methyl sites for hydroxylation is 1. The normalized spacial score (nSPS) is 11.0. The maximum absolute atomic E-state index is 14.2. The summed E-state index contributed by atoms with van der Waals surface area (Å²) in [5.74, 6) is -2.07. The summed E-state index contributed by atoms with van der Waals surface area (Å²) in [5.41, 5.74) is 3.08. The highest BCUT2D eigenvalue weighted by Crippen LogP contribution is 2.34. The van der Waals surface area contributed by atoms with Crippen LogP contribution in [0.25, 0.3) is 32.9 Å². The minimum absolute atomic E-state index is 0.346. The third kappa shape index (κ3) is 5.09. The van der Waals surface area contributed by atoms with Crippen molar-refractivity contribution in [3.05, 3.63) is 83.9 Å². The van der Waals surface area contributed by atoms with E-state index in [2.05, 4.69) is 17.2 Å². The molecule has 0 aliphatic carbocycles. The van der Waals surface area contributed by atoms with Crippen molar-refractivity contribution in [2.24, 2.45) is 0 Å². The number of esters is 1. The Bertz CT molecular complexity index is 1440. The fourth-order valence-electron chi connectivity index (χ4n) is 4.33. The van der Waals surface area contributed by atoms with Gasteiger partial charge in [-0.25, -0.2) is 13.6 Å². The zero-order chi connectivity index (χ0) is 24.9. The van der Waals surface area contributed by atoms with Crippen LogP contribution in [-0.2, 0) is 16.1 Å². The number of unbranched alkanes of at least 4 members (excludes halogenated alkanes) is 3. The predicted octanol–water partition coefficient (Wildman–Crippen LogP) is 7.29. The lowest BCUT2D eigenvalue weighted by Gasteiger charge is -2.09. The Labute approximate surface area is 203 Å². The van der Waals surface area contributed by atoms with Crippen molar-refractivity contribution < 1.29 is 18.3 Å². The summed E-state index contributed by atoms with van der Waals surface area (Å²) >= 11 is 0. The molecule has 0 bridgehead atoms. The van der Waals surface area contributed by atoms with E-state index in [1.807, 2.05) is 36.4 Å². The number of nitriles is 1. The van der Waals surface area contributed by atoms with Gasteiger partial charge in [0.25, 0.3) is 0 Å². The Kier molecular flexibility index (Phi) is 7.26. The summed E-state index contributed by atoms with van der Waals surface area (Å²) in [4.78, 5) is 11.4. The number of benzene rings is 3. The van der Waals surface area contributed by atoms with Gasteiger partial charge in [-0.3, -0.25) is 0 Å². The molecule has 6 heteroatoms. The average Bonchev–Trinajstić information content (AvgIpc) is 3.16. The number of carbonyl (C=O) groups excluding carboxylic acids is 1. The van der Waals surface area contributed by atoms with E-state index in [0.29, 0.717) is 23.3 Å². The molecule has 0 fully saturated rings. The van der Waals surface area contributed by atoms with Crippen molar-refractivity contribution in [1.29, 1.82) is 5.26 Å². The molecule has 0 N–H and O–H groups in total. The molecule has 1 heterocycles. The second-order valence-electron chi connectivity index (χ2n) is 8.66. The van der Waals surface area contributed by atoms with Crippen LogP contribution in [-0.4, -0.2) is 17.1 Å². The van der Waals surface area contributed by atoms with Crippen LogP contribution in [0.4, 0.5) is 8.78 Å². The third-order valence-corrected chi connectivity index (χ3v) is 6.12. The van der Waals surface area contributed by atoms with Gasteiger partial charge in [0, 0.05) is 33.9 Å². The number of ether oxygens (including phenoxy) is 1. The van der Waals surface area contributed by atoms with Crippen molar-refractivity contribution in [3.63, 3.8) is 0 Å². The summed E-state index contributed by atoms with van der Waals surface area (Å²) in [6, 6.07) is 17.9. The summed E-state index contributed by atoms with van der Waals surface area (Å²) in [6.07, 6.45) is 3.74. The Morgan fingerprint density at radius 3 is 2.34 bits per heavy atom. The first-order valence-electron chi connectivity index (χ1n) is 11.6. The van der Waals surface area contributed by atoms with Crippen LogP contribution in [0, 0.1) is 23.0 Å². The molecular weight excluding hydrogens is 446 g/mol. The van der Waals surface area contributed by atoms with E-state index >= 15 is 0 Å². The molecule has 178 valence electrons. The largest absolute Gasteiger partial charge is 0.462 e. The van der Waals surface area contributed by atoms with Crippen molar-refractivity contribution >= 4 is 27.8 Å². The molecule has 0 saturated carbocycles. The van der Waals surface area contributed by atoms with Gasteiger partial charge in [0.1, 0.15) is 23.3 Å². The van der Waals surface area contributed by atoms with E-state index in [9.17, 15) is 13.6 Å². The molecule has 0 aliphatic heterocycles. The Morgan fingerprint density at radius 1 is 0.943 bits per heavy atom. The third-order valence-electron chi connectivity index (χ3n) is 6.12. The van der Waals surface area contributed by atoms with Gasteiger partial charge in [0.05, 0.1) is 6.61 Å². The number of halogens is 2. The maximum atomic E-state index is 14.2. The van der Waals surface area contributed by atoms with Crippen LogP contribution < -0.4 is 0 Å². The molecule has 4 nitrogen and oxygen atoms in total. The first kappa shape index (κ1) is 24.2. The highest BCUT2D eigenvalue weighted by Gasteiger charge is 2.15. The lowest BCUT2D eigenvalue weighted by atomic mass is 10.0. The number of para-hydroxylation sites is 1. The molecule has 4 rings (SSSR count). The standard InChI is InChI=1S/C29H26F2N2O2/c1-19(2)29(34)35-14-8-4-3-7-13-33-27-10-6-5-9-22(27)23-15-20(11-12-28(23)33)21-16-25(30)24(18-32)26(31)17-21/h5-6,9-12,15-17H,1,3-4,7-8,13-14H2,2H3. The second kappa shape index (κ2) is 10.5. The Hall–Kier alpha value is -3.98. The van der Waals surface area contributed by atoms with E-state index in [-0.39, 0.29) is 5.97 Å². The SMILES string of the molecule is C=C(C)C(=O)OCCCCCCn1c2ccccc2c2cc(-c3cc(F)c(C#N)c(F)c3)ccc21. The van der Waals surface area contributed by atoms with E-state index in [0.717, 1.165) is 54.0 Å². The second-order valence-corrected chi connectivity index (χ2v) is 8.66. The number of hydrogen-bond acceptors (Lipinski definition) is 3. The highest BCUT2D eigenvalue weighted by atomic mass is 19.1. The van der Waals surface area contributed by atoms with E-state index in [4.69, 9.17) is 10.00 Å². The molecule has 1 aromatic heterocycles. The number of hydrogen-bond donors (Lipinski definition) is 0. The van der Waals surface area contributed by atoms with Gasteiger partial charge in [0.2, 0.25) is 0 Å². The smallest absolute Gasteiger partial charge is 0.333 e. The van der Waals surface area contributed by atoms with Crippen LogP contribution in [0.2, 0.25) is 0 Å². The number of aromatic nitrogens is 1. The van der Waals surface area contributed by atoms with Crippen molar-refractivity contribution in [2.45, 2.75) is 39.2 Å². The molecule has 3 aromatic carbocycles. The van der Waals surface area contributed by atoms with E-state index in [1.54, 1.807) is 13.0 Å². The van der Waals surface area contributed by atoms with Crippen LogP contribution in [0.15, 0.2) is 66.7 Å². The van der Waals surface area contributed by atoms with Crippen LogP contribution in [0.1, 0.15) is 38.2 Å². The molecule has 0 atom stereocenters. The molecular formula is C29H26F2N2O2. The zero-order valence-corrected chi connectivity index (χ0v) is 19.6. The number of nitrogens with zero attached hydrogens (tertiary/aromatic N) is 2. The predicted molar refractivity (Wildman–Crippen MR) is 134 cm³/mol. The van der Waals surface area contributed by atoms with Gasteiger partial charge in [-0.2, -0.15) is 5.26 Å². The molecule has 35 heavy (non-hydrogen) atoms. The molecule has 0 amide bonds. The fourth-order valence-corrected chi connectivity index (χ4v) is 4.33. The number of carbonyl (C=O) groups is 1. The van der Waals surface area contributed by atoms with Crippen molar-refractivity contribution in [1.82, 2.24) is 4.57 Å². The summed E-state index contributed by atoms with van der Waals surface area (Å²) < 4.78 is 35.8. The Balaban J connectivity index is 1.53. The first-order valence-corrected chi connectivity index (χ1v) is 11.6. The highest BCUT2D eigenvalue weighted by molar-refractivity contribution is 6.09. The molecule has 4 aromatic rings. The van der Waals surface area contributed by atoms with Crippen molar-refractivity contribution in [2.75, 3.05) is 6.61 Å². The lowest BCUT2D eigenvalue weighted by molar-refractivity contribution is -0.139. The Morgan fingerprint density at radius 2 is 1.63 bits per heavy atom. The van der Waals surface area contributed by atoms with Crippen LogP contribution >= 0.6 is 0 Å². The average molecular weight is 473 g/mol. The van der Waals surface area contributed by atoms with Gasteiger partial charge < -0.3 is 9.30 Å². The number of fused-ring (bicyclic) bond motifs is 3. The van der Waals surface area contributed by atoms with E-state index in [1.165, 1.54) is 12.1 Å². The minimum Gasteiger partial charge on any atom is -0.462 e. The minimum atomic E-state index is -0.862. The molecule has 0 spiro atoms. The number of rotatable bonds is 9. The monoisotopic (exact) mass is 472 g/mol. The molecule has 0 aliphatic rings. The summed E-state index contributed by atoms with van der Waals surface area (Å²) in [7, 11) is 0. The molecule has 0 unspecified atom stereocenters. The maximum Gasteiger partial charge on any atom is 0.333 e. The van der Waals surface area contributed by atoms with Gasteiger partial charge >= 0.3 is 5.97 Å². The van der Waals surface area contributed by atoms with Gasteiger partial charge in [-0.15, -0.1) is 0 Å². The van der Waals surface area contributed by atoms with Crippen LogP contribution in [0.5, 0.6) is 0 Å². The summed E-state index contributed by atoms with van der Waals surface area (Å²) in [5, 5.41) is 11.0. The molecule has 0 radical (unpaired) electrons. The quantitative estimate of drug-likeness (QED) is 0.146. The summed E-state index contributed by atoms with van der Waals surface area (Å²) in [6.45, 7) is 6.44. The first-order chi connectivity index (χ1) is 16.9.